The lowest BCUT2D eigenvalue weighted by Gasteiger charge is -2.43. The maximum absolute atomic E-state index is 13.5. The molecule has 2 aromatic carbocycles. The summed E-state index contributed by atoms with van der Waals surface area (Å²) in [5.74, 6) is -0.170. The predicted octanol–water partition coefficient (Wildman–Crippen LogP) is 4.27. The SMILES string of the molecule is [C-]#[N+]c1ccc(N2C(=O)C3(CCC3)N(c3ccc(C(=O)NC)c(C)c3)C2=S)cc1C. The average molecular weight is 419 g/mol. The van der Waals surface area contributed by atoms with Crippen molar-refractivity contribution in [1.82, 2.24) is 5.32 Å². The first-order chi connectivity index (χ1) is 14.3. The number of aryl methyl sites for hydroxylation is 2. The fourth-order valence-corrected chi connectivity index (χ4v) is 4.76. The minimum Gasteiger partial charge on any atom is -0.355 e. The first kappa shape index (κ1) is 20.0. The molecular formula is C23H22N4O2S. The van der Waals surface area contributed by atoms with Crippen molar-refractivity contribution in [2.45, 2.75) is 38.6 Å². The Labute approximate surface area is 181 Å². The van der Waals surface area contributed by atoms with Gasteiger partial charge in [-0.3, -0.25) is 14.5 Å². The van der Waals surface area contributed by atoms with E-state index in [4.69, 9.17) is 18.8 Å². The summed E-state index contributed by atoms with van der Waals surface area (Å²) in [6.07, 6.45) is 2.43. The van der Waals surface area contributed by atoms with Gasteiger partial charge in [-0.25, -0.2) is 4.85 Å². The van der Waals surface area contributed by atoms with Crippen molar-refractivity contribution >= 4 is 46.2 Å². The number of benzene rings is 2. The summed E-state index contributed by atoms with van der Waals surface area (Å²) in [4.78, 5) is 32.7. The van der Waals surface area contributed by atoms with Crippen LogP contribution in [0.25, 0.3) is 4.85 Å². The van der Waals surface area contributed by atoms with Gasteiger partial charge in [0.15, 0.2) is 10.8 Å². The number of nitrogens with zero attached hydrogens (tertiary/aromatic N) is 3. The lowest BCUT2D eigenvalue weighted by Crippen LogP contribution is -2.55. The molecule has 1 heterocycles. The Hall–Kier alpha value is -3.24. The Bertz CT molecular complexity index is 1130. The Morgan fingerprint density at radius 1 is 1.13 bits per heavy atom. The highest BCUT2D eigenvalue weighted by Crippen LogP contribution is 2.48. The molecule has 1 aliphatic heterocycles. The van der Waals surface area contributed by atoms with E-state index in [1.807, 2.05) is 36.9 Å². The van der Waals surface area contributed by atoms with Gasteiger partial charge in [0.25, 0.3) is 11.8 Å². The van der Waals surface area contributed by atoms with E-state index in [0.717, 1.165) is 36.1 Å². The second kappa shape index (κ2) is 7.22. The number of thiocarbonyl (C=S) groups is 1. The van der Waals surface area contributed by atoms with Crippen molar-refractivity contribution in [3.05, 3.63) is 64.5 Å². The van der Waals surface area contributed by atoms with Crippen LogP contribution in [0.15, 0.2) is 36.4 Å². The Morgan fingerprint density at radius 3 is 2.33 bits per heavy atom. The molecule has 2 aliphatic rings. The second-order valence-corrected chi connectivity index (χ2v) is 8.17. The van der Waals surface area contributed by atoms with Gasteiger partial charge < -0.3 is 10.2 Å². The monoisotopic (exact) mass is 418 g/mol. The third kappa shape index (κ3) is 2.79. The van der Waals surface area contributed by atoms with Crippen LogP contribution in [0.1, 0.15) is 40.7 Å². The number of carbonyl (C=O) groups is 2. The molecule has 1 N–H and O–H groups in total. The highest BCUT2D eigenvalue weighted by atomic mass is 32.1. The topological polar surface area (TPSA) is 57.0 Å². The molecule has 2 fully saturated rings. The fraction of sp³-hybridized carbons (Fsp3) is 0.304. The Morgan fingerprint density at radius 2 is 1.80 bits per heavy atom. The number of rotatable bonds is 3. The molecule has 6 nitrogen and oxygen atoms in total. The van der Waals surface area contributed by atoms with Gasteiger partial charge in [0.1, 0.15) is 5.54 Å². The molecule has 30 heavy (non-hydrogen) atoms. The van der Waals surface area contributed by atoms with Crippen molar-refractivity contribution in [2.75, 3.05) is 16.8 Å². The van der Waals surface area contributed by atoms with Gasteiger partial charge >= 0.3 is 0 Å². The molecular weight excluding hydrogens is 396 g/mol. The number of anilines is 2. The summed E-state index contributed by atoms with van der Waals surface area (Å²) in [6.45, 7) is 11.0. The highest BCUT2D eigenvalue weighted by Gasteiger charge is 2.59. The van der Waals surface area contributed by atoms with Crippen LogP contribution < -0.4 is 15.1 Å². The van der Waals surface area contributed by atoms with E-state index in [2.05, 4.69) is 10.2 Å². The summed E-state index contributed by atoms with van der Waals surface area (Å²) >= 11 is 5.80. The summed E-state index contributed by atoms with van der Waals surface area (Å²) in [5.41, 5.74) is 3.62. The van der Waals surface area contributed by atoms with Crippen LogP contribution in [-0.2, 0) is 4.79 Å². The first-order valence-electron chi connectivity index (χ1n) is 9.83. The van der Waals surface area contributed by atoms with Gasteiger partial charge in [0.2, 0.25) is 0 Å². The molecule has 1 aliphatic carbocycles. The smallest absolute Gasteiger partial charge is 0.259 e. The van der Waals surface area contributed by atoms with Crippen molar-refractivity contribution in [2.24, 2.45) is 0 Å². The third-order valence-corrected chi connectivity index (χ3v) is 6.46. The van der Waals surface area contributed by atoms with Gasteiger partial charge in [-0.15, -0.1) is 0 Å². The molecule has 2 aromatic rings. The van der Waals surface area contributed by atoms with Crippen molar-refractivity contribution in [3.63, 3.8) is 0 Å². The zero-order valence-electron chi connectivity index (χ0n) is 17.2. The number of hydrogen-bond donors (Lipinski definition) is 1. The number of amides is 2. The van der Waals surface area contributed by atoms with Gasteiger partial charge in [0, 0.05) is 24.0 Å². The minimum absolute atomic E-state index is 0.0262. The molecule has 0 aromatic heterocycles. The van der Waals surface area contributed by atoms with Crippen LogP contribution in [0.5, 0.6) is 0 Å². The van der Waals surface area contributed by atoms with Gasteiger partial charge in [0.05, 0.1) is 6.57 Å². The average Bonchev–Trinajstić information content (AvgIpc) is 2.94. The van der Waals surface area contributed by atoms with Crippen LogP contribution in [0.4, 0.5) is 17.1 Å². The van der Waals surface area contributed by atoms with Crippen LogP contribution in [0, 0.1) is 20.4 Å². The molecule has 1 spiro atoms. The normalized spacial score (nSPS) is 17.1. The second-order valence-electron chi connectivity index (χ2n) is 7.80. The van der Waals surface area contributed by atoms with E-state index in [0.29, 0.717) is 22.1 Å². The fourth-order valence-electron chi connectivity index (χ4n) is 4.29. The molecule has 0 unspecified atom stereocenters. The van der Waals surface area contributed by atoms with Crippen molar-refractivity contribution in [1.29, 1.82) is 0 Å². The molecule has 4 rings (SSSR count). The Balaban J connectivity index is 1.78. The van der Waals surface area contributed by atoms with Gasteiger partial charge in [-0.1, -0.05) is 6.07 Å². The quantitative estimate of drug-likeness (QED) is 0.597. The minimum atomic E-state index is -0.676. The van der Waals surface area contributed by atoms with E-state index in [9.17, 15) is 9.59 Å². The molecule has 7 heteroatoms. The van der Waals surface area contributed by atoms with Crippen LogP contribution >= 0.6 is 12.2 Å². The standard InChI is InChI=1S/C23H22N4O2S/c1-14-12-17(6-8-18(14)20(28)25-4)27-22(30)26(21(29)23(27)10-5-11-23)16-7-9-19(24-3)15(2)13-16/h6-9,12-13H,5,10-11H2,1-2,4H3,(H,25,28). The number of carbonyl (C=O) groups excluding carboxylic acids is 2. The van der Waals surface area contributed by atoms with Gasteiger partial charge in [-0.05, 0) is 86.8 Å². The van der Waals surface area contributed by atoms with Crippen LogP contribution in [0.3, 0.4) is 0 Å². The zero-order chi connectivity index (χ0) is 21.6. The van der Waals surface area contributed by atoms with E-state index in [-0.39, 0.29) is 11.8 Å². The molecule has 152 valence electrons. The molecule has 0 bridgehead atoms. The zero-order valence-corrected chi connectivity index (χ0v) is 18.0. The summed E-state index contributed by atoms with van der Waals surface area (Å²) in [7, 11) is 1.60. The maximum atomic E-state index is 13.5. The highest BCUT2D eigenvalue weighted by molar-refractivity contribution is 7.81. The maximum Gasteiger partial charge on any atom is 0.259 e. The summed E-state index contributed by atoms with van der Waals surface area (Å²) < 4.78 is 0. The predicted molar refractivity (Wildman–Crippen MR) is 121 cm³/mol. The largest absolute Gasteiger partial charge is 0.355 e. The van der Waals surface area contributed by atoms with E-state index >= 15 is 0 Å². The number of nitrogens with one attached hydrogen (secondary N) is 1. The lowest BCUT2D eigenvalue weighted by molar-refractivity contribution is -0.123. The number of hydrogen-bond acceptors (Lipinski definition) is 3. The van der Waals surface area contributed by atoms with Gasteiger partial charge in [-0.2, -0.15) is 0 Å². The van der Waals surface area contributed by atoms with Crippen molar-refractivity contribution < 1.29 is 9.59 Å². The van der Waals surface area contributed by atoms with Crippen LogP contribution in [-0.4, -0.2) is 29.5 Å². The first-order valence-corrected chi connectivity index (χ1v) is 10.2. The summed E-state index contributed by atoms with van der Waals surface area (Å²) in [6, 6.07) is 10.9. The molecule has 0 radical (unpaired) electrons. The van der Waals surface area contributed by atoms with E-state index in [1.54, 1.807) is 30.1 Å². The molecule has 1 saturated carbocycles. The third-order valence-electron chi connectivity index (χ3n) is 6.09. The Kier molecular flexibility index (Phi) is 4.83. The van der Waals surface area contributed by atoms with E-state index in [1.165, 1.54) is 0 Å². The lowest BCUT2D eigenvalue weighted by atomic mass is 9.75. The molecule has 0 atom stereocenters. The van der Waals surface area contributed by atoms with Crippen molar-refractivity contribution in [3.8, 4) is 0 Å². The van der Waals surface area contributed by atoms with E-state index < -0.39 is 5.54 Å². The molecule has 1 saturated heterocycles. The molecule has 2 amide bonds. The van der Waals surface area contributed by atoms with Crippen LogP contribution in [0.2, 0.25) is 0 Å². The summed E-state index contributed by atoms with van der Waals surface area (Å²) in [5, 5.41) is 3.08.